The van der Waals surface area contributed by atoms with Gasteiger partial charge in [0.2, 0.25) is 5.91 Å². The monoisotopic (exact) mass is 332 g/mol. The van der Waals surface area contributed by atoms with E-state index < -0.39 is 17.9 Å². The Labute approximate surface area is 139 Å². The maximum absolute atomic E-state index is 12.5. The van der Waals surface area contributed by atoms with Crippen LogP contribution >= 0.6 is 0 Å². The van der Waals surface area contributed by atoms with E-state index in [-0.39, 0.29) is 18.9 Å². The molecule has 3 rings (SSSR count). The van der Waals surface area contributed by atoms with Gasteiger partial charge in [-0.15, -0.1) is 0 Å². The highest BCUT2D eigenvalue weighted by Gasteiger charge is 2.42. The molecule has 3 heterocycles. The molecule has 128 valence electrons. The third-order valence-electron chi connectivity index (χ3n) is 4.59. The van der Waals surface area contributed by atoms with Crippen LogP contribution in [0.2, 0.25) is 0 Å². The van der Waals surface area contributed by atoms with Gasteiger partial charge in [-0.3, -0.25) is 9.59 Å². The minimum Gasteiger partial charge on any atom is -0.481 e. The van der Waals surface area contributed by atoms with Crippen LogP contribution in [0.5, 0.6) is 0 Å². The number of nitrogens with zero attached hydrogens (tertiary/aromatic N) is 2. The van der Waals surface area contributed by atoms with Crippen molar-refractivity contribution in [2.24, 2.45) is 5.92 Å². The number of carboxylic acids is 1. The SMILES string of the molecule is Cc1ccc([C@H]2[C@H](C(=O)O)CCC(=O)N2Cc2c(C)noc2C)o1. The Balaban J connectivity index is 2.01. The third kappa shape index (κ3) is 2.81. The summed E-state index contributed by atoms with van der Waals surface area (Å²) in [6, 6.07) is 2.89. The van der Waals surface area contributed by atoms with Crippen molar-refractivity contribution in [3.63, 3.8) is 0 Å². The molecule has 0 unspecified atom stereocenters. The van der Waals surface area contributed by atoms with Crippen LogP contribution < -0.4 is 0 Å². The second kappa shape index (κ2) is 6.14. The van der Waals surface area contributed by atoms with Crippen molar-refractivity contribution in [2.45, 2.75) is 46.2 Å². The Morgan fingerprint density at radius 3 is 2.67 bits per heavy atom. The molecule has 0 spiro atoms. The minimum atomic E-state index is -0.926. The summed E-state index contributed by atoms with van der Waals surface area (Å²) < 4.78 is 10.8. The molecule has 0 saturated carbocycles. The first-order chi connectivity index (χ1) is 11.4. The molecule has 1 amide bonds. The zero-order chi connectivity index (χ0) is 17.4. The van der Waals surface area contributed by atoms with Gasteiger partial charge in [-0.05, 0) is 39.3 Å². The molecular weight excluding hydrogens is 312 g/mol. The summed E-state index contributed by atoms with van der Waals surface area (Å²) in [6.45, 7) is 5.64. The molecule has 2 aromatic rings. The zero-order valence-electron chi connectivity index (χ0n) is 13.9. The van der Waals surface area contributed by atoms with Gasteiger partial charge in [0.15, 0.2) is 0 Å². The normalized spacial score (nSPS) is 21.3. The van der Waals surface area contributed by atoms with Crippen molar-refractivity contribution >= 4 is 11.9 Å². The van der Waals surface area contributed by atoms with Crippen LogP contribution in [0.15, 0.2) is 21.1 Å². The van der Waals surface area contributed by atoms with Gasteiger partial charge in [-0.1, -0.05) is 5.16 Å². The van der Waals surface area contributed by atoms with Crippen LogP contribution in [0.3, 0.4) is 0 Å². The van der Waals surface area contributed by atoms with Gasteiger partial charge in [0, 0.05) is 12.0 Å². The molecule has 2 atom stereocenters. The minimum absolute atomic E-state index is 0.0912. The van der Waals surface area contributed by atoms with E-state index in [1.807, 2.05) is 0 Å². The fourth-order valence-electron chi connectivity index (χ4n) is 3.26. The number of hydrogen-bond acceptors (Lipinski definition) is 5. The lowest BCUT2D eigenvalue weighted by molar-refractivity contribution is -0.153. The maximum atomic E-state index is 12.5. The van der Waals surface area contributed by atoms with E-state index >= 15 is 0 Å². The summed E-state index contributed by atoms with van der Waals surface area (Å²) in [5.74, 6) is 0.0990. The summed E-state index contributed by atoms with van der Waals surface area (Å²) >= 11 is 0. The number of piperidine rings is 1. The molecule has 2 aromatic heterocycles. The van der Waals surface area contributed by atoms with Crippen molar-refractivity contribution in [1.29, 1.82) is 0 Å². The number of carbonyl (C=O) groups is 2. The van der Waals surface area contributed by atoms with Crippen molar-refractivity contribution in [1.82, 2.24) is 10.1 Å². The summed E-state index contributed by atoms with van der Waals surface area (Å²) in [5.41, 5.74) is 1.51. The Bertz CT molecular complexity index is 756. The molecule has 7 heteroatoms. The van der Waals surface area contributed by atoms with E-state index in [0.717, 1.165) is 5.56 Å². The molecule has 1 aliphatic rings. The molecule has 1 fully saturated rings. The van der Waals surface area contributed by atoms with E-state index in [9.17, 15) is 14.7 Å². The zero-order valence-corrected chi connectivity index (χ0v) is 13.9. The van der Waals surface area contributed by atoms with Gasteiger partial charge in [-0.2, -0.15) is 0 Å². The smallest absolute Gasteiger partial charge is 0.309 e. The van der Waals surface area contributed by atoms with E-state index in [1.54, 1.807) is 37.8 Å². The number of likely N-dealkylation sites (tertiary alicyclic amines) is 1. The number of hydrogen-bond donors (Lipinski definition) is 1. The first-order valence-electron chi connectivity index (χ1n) is 7.89. The number of aromatic nitrogens is 1. The van der Waals surface area contributed by atoms with Crippen molar-refractivity contribution < 1.29 is 23.6 Å². The molecule has 0 aromatic carbocycles. The average molecular weight is 332 g/mol. The van der Waals surface area contributed by atoms with Crippen LogP contribution in [-0.2, 0) is 16.1 Å². The summed E-state index contributed by atoms with van der Waals surface area (Å²) in [6.07, 6.45) is 0.507. The number of aryl methyl sites for hydroxylation is 3. The van der Waals surface area contributed by atoms with Gasteiger partial charge in [0.1, 0.15) is 23.3 Å². The second-order valence-corrected chi connectivity index (χ2v) is 6.20. The van der Waals surface area contributed by atoms with Gasteiger partial charge in [0.25, 0.3) is 0 Å². The predicted molar refractivity (Wildman–Crippen MR) is 83.1 cm³/mol. The van der Waals surface area contributed by atoms with Crippen LogP contribution in [0.4, 0.5) is 0 Å². The molecule has 24 heavy (non-hydrogen) atoms. The topological polar surface area (TPSA) is 96.8 Å². The molecule has 1 saturated heterocycles. The van der Waals surface area contributed by atoms with Gasteiger partial charge in [0.05, 0.1) is 18.2 Å². The Morgan fingerprint density at radius 1 is 1.38 bits per heavy atom. The number of amides is 1. The molecule has 0 aliphatic carbocycles. The molecular formula is C17H20N2O5. The Kier molecular flexibility index (Phi) is 4.17. The maximum Gasteiger partial charge on any atom is 0.309 e. The summed E-state index contributed by atoms with van der Waals surface area (Å²) in [5, 5.41) is 13.5. The lowest BCUT2D eigenvalue weighted by atomic mass is 9.86. The average Bonchev–Trinajstić information content (AvgIpc) is 3.08. The second-order valence-electron chi connectivity index (χ2n) is 6.20. The number of carbonyl (C=O) groups excluding carboxylic acids is 1. The first kappa shape index (κ1) is 16.3. The van der Waals surface area contributed by atoms with E-state index in [2.05, 4.69) is 5.16 Å². The number of aliphatic carboxylic acids is 1. The van der Waals surface area contributed by atoms with Crippen molar-refractivity contribution in [2.75, 3.05) is 0 Å². The number of furan rings is 1. The van der Waals surface area contributed by atoms with Crippen LogP contribution in [0, 0.1) is 26.7 Å². The fraction of sp³-hybridized carbons (Fsp3) is 0.471. The molecule has 1 N–H and O–H groups in total. The lowest BCUT2D eigenvalue weighted by Gasteiger charge is -2.38. The molecule has 0 bridgehead atoms. The van der Waals surface area contributed by atoms with Crippen LogP contribution in [-0.4, -0.2) is 27.0 Å². The summed E-state index contributed by atoms with van der Waals surface area (Å²) in [7, 11) is 0. The molecule has 0 radical (unpaired) electrons. The third-order valence-corrected chi connectivity index (χ3v) is 4.59. The fourth-order valence-corrected chi connectivity index (χ4v) is 3.26. The first-order valence-corrected chi connectivity index (χ1v) is 7.89. The number of rotatable bonds is 4. The van der Waals surface area contributed by atoms with Gasteiger partial charge >= 0.3 is 5.97 Å². The van der Waals surface area contributed by atoms with E-state index in [4.69, 9.17) is 8.94 Å². The predicted octanol–water partition coefficient (Wildman–Crippen LogP) is 2.76. The lowest BCUT2D eigenvalue weighted by Crippen LogP contribution is -2.44. The van der Waals surface area contributed by atoms with Crippen LogP contribution in [0.25, 0.3) is 0 Å². The van der Waals surface area contributed by atoms with Gasteiger partial charge in [-0.25, -0.2) is 0 Å². The van der Waals surface area contributed by atoms with Gasteiger partial charge < -0.3 is 18.9 Å². The van der Waals surface area contributed by atoms with Crippen molar-refractivity contribution in [3.05, 3.63) is 40.7 Å². The molecule has 7 nitrogen and oxygen atoms in total. The Hall–Kier alpha value is -2.57. The highest BCUT2D eigenvalue weighted by molar-refractivity contribution is 5.81. The van der Waals surface area contributed by atoms with E-state index in [0.29, 0.717) is 29.4 Å². The largest absolute Gasteiger partial charge is 0.481 e. The van der Waals surface area contributed by atoms with Crippen LogP contribution in [0.1, 0.15) is 47.4 Å². The Morgan fingerprint density at radius 2 is 2.12 bits per heavy atom. The molecule has 1 aliphatic heterocycles. The van der Waals surface area contributed by atoms with E-state index in [1.165, 1.54) is 0 Å². The highest BCUT2D eigenvalue weighted by atomic mass is 16.5. The standard InChI is InChI=1S/C17H20N2O5/c1-9-4-6-14(23-9)16-12(17(21)22)5-7-15(20)19(16)8-13-10(2)18-24-11(13)3/h4,6,12,16H,5,7-8H2,1-3H3,(H,21,22)/t12-,16-/m1/s1. The highest BCUT2D eigenvalue weighted by Crippen LogP contribution is 2.39. The number of carboxylic acid groups (broad SMARTS) is 1. The van der Waals surface area contributed by atoms with Crippen molar-refractivity contribution in [3.8, 4) is 0 Å². The quantitative estimate of drug-likeness (QED) is 0.924. The summed E-state index contributed by atoms with van der Waals surface area (Å²) in [4.78, 5) is 25.8.